The molecule has 0 aliphatic rings. The van der Waals surface area contributed by atoms with Gasteiger partial charge in [-0.15, -0.1) is 11.3 Å². The number of nitrogens with zero attached hydrogens (tertiary/aromatic N) is 2. The van der Waals surface area contributed by atoms with Crippen molar-refractivity contribution in [2.24, 2.45) is 0 Å². The minimum Gasteiger partial charge on any atom is -0.311 e. The van der Waals surface area contributed by atoms with E-state index in [0.29, 0.717) is 0 Å². The van der Waals surface area contributed by atoms with Crippen LogP contribution in [0.1, 0.15) is 15.4 Å². The van der Waals surface area contributed by atoms with E-state index in [-0.39, 0.29) is 0 Å². The zero-order valence-corrected chi connectivity index (χ0v) is 12.4. The predicted octanol–water partition coefficient (Wildman–Crippen LogP) is 2.67. The number of hydrogen-bond donors (Lipinski definition) is 1. The Morgan fingerprint density at radius 1 is 1.26 bits per heavy atom. The lowest BCUT2D eigenvalue weighted by Crippen LogP contribution is -2.28. The van der Waals surface area contributed by atoms with E-state index in [1.807, 2.05) is 29.7 Å². The van der Waals surface area contributed by atoms with Gasteiger partial charge in [0.1, 0.15) is 0 Å². The molecule has 0 saturated carbocycles. The third-order valence-corrected chi connectivity index (χ3v) is 3.92. The standard InChI is InChI=1S/C15H21N3S/c1-13-6-7-15(19-13)11-16-9-10-18(2)12-14-5-3-4-8-17-14/h3-8,16H,9-12H2,1-2H3. The third kappa shape index (κ3) is 5.11. The van der Waals surface area contributed by atoms with Gasteiger partial charge in [0, 0.05) is 42.1 Å². The van der Waals surface area contributed by atoms with E-state index in [0.717, 1.165) is 31.9 Å². The molecule has 4 heteroatoms. The molecular weight excluding hydrogens is 254 g/mol. The van der Waals surface area contributed by atoms with E-state index in [4.69, 9.17) is 0 Å². The Hall–Kier alpha value is -1.23. The first-order valence-corrected chi connectivity index (χ1v) is 7.40. The molecule has 0 fully saturated rings. The Balaban J connectivity index is 1.63. The quantitative estimate of drug-likeness (QED) is 0.788. The number of aromatic nitrogens is 1. The molecule has 0 aliphatic heterocycles. The lowest BCUT2D eigenvalue weighted by molar-refractivity contribution is 0.320. The molecule has 2 heterocycles. The molecule has 2 aromatic rings. The normalized spacial score (nSPS) is 11.1. The highest BCUT2D eigenvalue weighted by atomic mass is 32.1. The summed E-state index contributed by atoms with van der Waals surface area (Å²) < 4.78 is 0. The van der Waals surface area contributed by atoms with Crippen LogP contribution >= 0.6 is 11.3 Å². The van der Waals surface area contributed by atoms with Gasteiger partial charge < -0.3 is 5.32 Å². The smallest absolute Gasteiger partial charge is 0.0543 e. The maximum Gasteiger partial charge on any atom is 0.0543 e. The van der Waals surface area contributed by atoms with Crippen LogP contribution in [0.15, 0.2) is 36.5 Å². The molecule has 3 nitrogen and oxygen atoms in total. The fourth-order valence-electron chi connectivity index (χ4n) is 1.91. The van der Waals surface area contributed by atoms with Crippen molar-refractivity contribution in [1.82, 2.24) is 15.2 Å². The van der Waals surface area contributed by atoms with Gasteiger partial charge in [-0.2, -0.15) is 0 Å². The van der Waals surface area contributed by atoms with E-state index in [2.05, 4.69) is 47.4 Å². The highest BCUT2D eigenvalue weighted by Gasteiger charge is 2.01. The van der Waals surface area contributed by atoms with Gasteiger partial charge in [-0.25, -0.2) is 0 Å². The van der Waals surface area contributed by atoms with Crippen LogP contribution < -0.4 is 5.32 Å². The highest BCUT2D eigenvalue weighted by Crippen LogP contribution is 2.14. The number of pyridine rings is 1. The van der Waals surface area contributed by atoms with Crippen molar-refractivity contribution in [3.8, 4) is 0 Å². The average Bonchev–Trinajstić information content (AvgIpc) is 2.82. The van der Waals surface area contributed by atoms with Crippen LogP contribution in [-0.2, 0) is 13.1 Å². The Bertz CT molecular complexity index is 481. The molecule has 0 aliphatic carbocycles. The summed E-state index contributed by atoms with van der Waals surface area (Å²) in [5, 5.41) is 3.48. The minimum atomic E-state index is 0.903. The van der Waals surface area contributed by atoms with E-state index in [9.17, 15) is 0 Å². The number of rotatable bonds is 7. The van der Waals surface area contributed by atoms with Crippen molar-refractivity contribution in [2.45, 2.75) is 20.0 Å². The maximum absolute atomic E-state index is 4.34. The summed E-state index contributed by atoms with van der Waals surface area (Å²) in [4.78, 5) is 9.41. The van der Waals surface area contributed by atoms with E-state index < -0.39 is 0 Å². The molecule has 2 aromatic heterocycles. The molecule has 0 radical (unpaired) electrons. The Kier molecular flexibility index (Phi) is 5.51. The average molecular weight is 275 g/mol. The summed E-state index contributed by atoms with van der Waals surface area (Å²) in [5.41, 5.74) is 1.12. The molecule has 2 rings (SSSR count). The topological polar surface area (TPSA) is 28.2 Å². The molecule has 0 atom stereocenters. The highest BCUT2D eigenvalue weighted by molar-refractivity contribution is 7.11. The summed E-state index contributed by atoms with van der Waals surface area (Å²) in [6, 6.07) is 10.4. The first-order valence-electron chi connectivity index (χ1n) is 6.58. The largest absolute Gasteiger partial charge is 0.311 e. The second kappa shape index (κ2) is 7.38. The van der Waals surface area contributed by atoms with Crippen molar-refractivity contribution in [2.75, 3.05) is 20.1 Å². The Labute approximate surface area is 119 Å². The molecule has 0 aromatic carbocycles. The second-order valence-corrected chi connectivity index (χ2v) is 6.12. The fourth-order valence-corrected chi connectivity index (χ4v) is 2.77. The number of nitrogens with one attached hydrogen (secondary N) is 1. The zero-order chi connectivity index (χ0) is 13.5. The van der Waals surface area contributed by atoms with Gasteiger partial charge >= 0.3 is 0 Å². The van der Waals surface area contributed by atoms with Crippen molar-refractivity contribution in [3.05, 3.63) is 52.0 Å². The van der Waals surface area contributed by atoms with E-state index in [1.165, 1.54) is 9.75 Å². The van der Waals surface area contributed by atoms with Crippen LogP contribution in [0.2, 0.25) is 0 Å². The molecule has 0 spiro atoms. The van der Waals surface area contributed by atoms with Gasteiger partial charge in [0.15, 0.2) is 0 Å². The lowest BCUT2D eigenvalue weighted by atomic mass is 10.3. The van der Waals surface area contributed by atoms with Crippen LogP contribution in [0, 0.1) is 6.92 Å². The summed E-state index contributed by atoms with van der Waals surface area (Å²) >= 11 is 1.86. The molecule has 102 valence electrons. The van der Waals surface area contributed by atoms with Gasteiger partial charge in [-0.1, -0.05) is 6.07 Å². The zero-order valence-electron chi connectivity index (χ0n) is 11.6. The first kappa shape index (κ1) is 14.2. The number of aryl methyl sites for hydroxylation is 1. The Morgan fingerprint density at radius 2 is 2.16 bits per heavy atom. The molecule has 19 heavy (non-hydrogen) atoms. The molecule has 0 unspecified atom stereocenters. The van der Waals surface area contributed by atoms with Crippen LogP contribution in [0.5, 0.6) is 0 Å². The van der Waals surface area contributed by atoms with Crippen molar-refractivity contribution in [1.29, 1.82) is 0 Å². The van der Waals surface area contributed by atoms with Gasteiger partial charge in [0.25, 0.3) is 0 Å². The van der Waals surface area contributed by atoms with Crippen molar-refractivity contribution >= 4 is 11.3 Å². The van der Waals surface area contributed by atoms with Gasteiger partial charge in [0.2, 0.25) is 0 Å². The van der Waals surface area contributed by atoms with Crippen LogP contribution in [0.4, 0.5) is 0 Å². The number of likely N-dealkylation sites (N-methyl/N-ethyl adjacent to an activating group) is 1. The molecule has 0 bridgehead atoms. The Morgan fingerprint density at radius 3 is 2.84 bits per heavy atom. The lowest BCUT2D eigenvalue weighted by Gasteiger charge is -2.16. The van der Waals surface area contributed by atoms with Crippen molar-refractivity contribution < 1.29 is 0 Å². The van der Waals surface area contributed by atoms with E-state index >= 15 is 0 Å². The first-order chi connectivity index (χ1) is 9.24. The SMILES string of the molecule is Cc1ccc(CNCCN(C)Cc2ccccn2)s1. The van der Waals surface area contributed by atoms with Gasteiger partial charge in [-0.05, 0) is 38.2 Å². The van der Waals surface area contributed by atoms with Crippen LogP contribution in [0.25, 0.3) is 0 Å². The predicted molar refractivity (Wildman–Crippen MR) is 81.3 cm³/mol. The third-order valence-electron chi connectivity index (χ3n) is 2.92. The summed E-state index contributed by atoms with van der Waals surface area (Å²) in [5.74, 6) is 0. The van der Waals surface area contributed by atoms with Crippen LogP contribution in [0.3, 0.4) is 0 Å². The molecular formula is C15H21N3S. The minimum absolute atomic E-state index is 0.903. The molecule has 0 saturated heterocycles. The fraction of sp³-hybridized carbons (Fsp3) is 0.400. The summed E-state index contributed by atoms with van der Waals surface area (Å²) in [6.45, 7) is 6.05. The number of thiophene rings is 1. The summed E-state index contributed by atoms with van der Waals surface area (Å²) in [7, 11) is 2.13. The molecule has 1 N–H and O–H groups in total. The summed E-state index contributed by atoms with van der Waals surface area (Å²) in [6.07, 6.45) is 1.85. The van der Waals surface area contributed by atoms with Gasteiger partial charge in [0.05, 0.1) is 5.69 Å². The van der Waals surface area contributed by atoms with Gasteiger partial charge in [-0.3, -0.25) is 9.88 Å². The second-order valence-electron chi connectivity index (χ2n) is 4.75. The van der Waals surface area contributed by atoms with E-state index in [1.54, 1.807) is 0 Å². The monoisotopic (exact) mass is 275 g/mol. The number of hydrogen-bond acceptors (Lipinski definition) is 4. The molecule has 0 amide bonds. The van der Waals surface area contributed by atoms with Crippen molar-refractivity contribution in [3.63, 3.8) is 0 Å². The van der Waals surface area contributed by atoms with Crippen LogP contribution in [-0.4, -0.2) is 30.0 Å². The maximum atomic E-state index is 4.34.